The molecule has 0 saturated carbocycles. The van der Waals surface area contributed by atoms with Crippen molar-refractivity contribution in [3.8, 4) is 0 Å². The normalized spacial score (nSPS) is 15.7. The van der Waals surface area contributed by atoms with Crippen LogP contribution in [0.15, 0.2) is 53.4 Å². The Hall–Kier alpha value is -2.98. The fraction of sp³-hybridized carbons (Fsp3) is 0.391. The Balaban J connectivity index is 1.51. The largest absolute Gasteiger partial charge is 0.371 e. The zero-order valence-corrected chi connectivity index (χ0v) is 19.5. The number of amides is 2. The molecule has 2 aromatic carbocycles. The SMILES string of the molecule is CC(CC(=O)Nc1cccc(N2CCCC2)c1)NC(=O)[C@H](C)NS(=O)(=O)c1ccccc1F. The lowest BCUT2D eigenvalue weighted by molar-refractivity contribution is -0.123. The van der Waals surface area contributed by atoms with Crippen molar-refractivity contribution >= 4 is 33.2 Å². The van der Waals surface area contributed by atoms with Crippen LogP contribution in [0.4, 0.5) is 15.8 Å². The van der Waals surface area contributed by atoms with E-state index in [9.17, 15) is 22.4 Å². The molecule has 2 atom stereocenters. The van der Waals surface area contributed by atoms with Crippen LogP contribution in [0, 0.1) is 5.82 Å². The van der Waals surface area contributed by atoms with Gasteiger partial charge in [-0.05, 0) is 57.0 Å². The quantitative estimate of drug-likeness (QED) is 0.516. The first kappa shape index (κ1) is 24.7. The number of rotatable bonds is 9. The standard InChI is InChI=1S/C23H29FN4O4S/c1-16(14-22(29)26-18-8-7-9-19(15-18)28-12-5-6-13-28)25-23(30)17(2)27-33(31,32)21-11-4-3-10-20(21)24/h3-4,7-11,15-17,27H,5-6,12-14H2,1-2H3,(H,25,30)(H,26,29)/t16?,17-/m0/s1. The molecule has 0 bridgehead atoms. The van der Waals surface area contributed by atoms with Crippen LogP contribution >= 0.6 is 0 Å². The van der Waals surface area contributed by atoms with Crippen molar-refractivity contribution in [1.82, 2.24) is 10.0 Å². The first-order chi connectivity index (χ1) is 15.7. The zero-order chi connectivity index (χ0) is 24.0. The Morgan fingerprint density at radius 3 is 2.45 bits per heavy atom. The molecule has 1 saturated heterocycles. The van der Waals surface area contributed by atoms with Crippen molar-refractivity contribution in [3.63, 3.8) is 0 Å². The number of sulfonamides is 1. The summed E-state index contributed by atoms with van der Waals surface area (Å²) in [4.78, 5) is 26.6. The van der Waals surface area contributed by atoms with Crippen LogP contribution in [0.25, 0.3) is 0 Å². The molecule has 33 heavy (non-hydrogen) atoms. The molecule has 0 spiro atoms. The summed E-state index contributed by atoms with van der Waals surface area (Å²) in [5, 5.41) is 5.45. The highest BCUT2D eigenvalue weighted by Crippen LogP contribution is 2.23. The predicted molar refractivity (Wildman–Crippen MR) is 125 cm³/mol. The first-order valence-corrected chi connectivity index (χ1v) is 12.4. The molecule has 2 amide bonds. The lowest BCUT2D eigenvalue weighted by atomic mass is 10.2. The topological polar surface area (TPSA) is 108 Å². The van der Waals surface area contributed by atoms with Crippen molar-refractivity contribution in [2.45, 2.75) is 50.1 Å². The minimum atomic E-state index is -4.22. The van der Waals surface area contributed by atoms with E-state index in [0.717, 1.165) is 43.8 Å². The highest BCUT2D eigenvalue weighted by atomic mass is 32.2. The Morgan fingerprint density at radius 1 is 1.06 bits per heavy atom. The Labute approximate surface area is 193 Å². The molecular weight excluding hydrogens is 447 g/mol. The molecule has 10 heteroatoms. The monoisotopic (exact) mass is 476 g/mol. The molecule has 1 unspecified atom stereocenters. The smallest absolute Gasteiger partial charge is 0.244 e. The fourth-order valence-electron chi connectivity index (χ4n) is 3.68. The average Bonchev–Trinajstić information content (AvgIpc) is 3.28. The molecule has 3 N–H and O–H groups in total. The summed E-state index contributed by atoms with van der Waals surface area (Å²) in [6.45, 7) is 5.00. The third-order valence-electron chi connectivity index (χ3n) is 5.33. The van der Waals surface area contributed by atoms with E-state index in [1.54, 1.807) is 13.0 Å². The van der Waals surface area contributed by atoms with Crippen LogP contribution in [-0.2, 0) is 19.6 Å². The molecule has 0 aliphatic carbocycles. The van der Waals surface area contributed by atoms with Gasteiger partial charge in [0.2, 0.25) is 21.8 Å². The number of hydrogen-bond donors (Lipinski definition) is 3. The van der Waals surface area contributed by atoms with Crippen LogP contribution in [0.5, 0.6) is 0 Å². The van der Waals surface area contributed by atoms with Gasteiger partial charge in [-0.25, -0.2) is 12.8 Å². The fourth-order valence-corrected chi connectivity index (χ4v) is 4.96. The molecule has 1 aliphatic rings. The minimum absolute atomic E-state index is 0.00641. The molecular formula is C23H29FN4O4S. The summed E-state index contributed by atoms with van der Waals surface area (Å²) in [5.41, 5.74) is 1.73. The van der Waals surface area contributed by atoms with Gasteiger partial charge in [-0.1, -0.05) is 18.2 Å². The maximum atomic E-state index is 13.8. The third kappa shape index (κ3) is 6.75. The summed E-state index contributed by atoms with van der Waals surface area (Å²) in [6, 6.07) is 10.8. The van der Waals surface area contributed by atoms with E-state index < -0.39 is 38.7 Å². The number of halogens is 1. The summed E-state index contributed by atoms with van der Waals surface area (Å²) in [5.74, 6) is -1.80. The van der Waals surface area contributed by atoms with Gasteiger partial charge in [0.1, 0.15) is 10.7 Å². The van der Waals surface area contributed by atoms with Crippen molar-refractivity contribution in [1.29, 1.82) is 0 Å². The maximum absolute atomic E-state index is 13.8. The number of benzene rings is 2. The van der Waals surface area contributed by atoms with Gasteiger partial charge in [0.05, 0.1) is 6.04 Å². The van der Waals surface area contributed by atoms with Gasteiger partial charge < -0.3 is 15.5 Å². The minimum Gasteiger partial charge on any atom is -0.371 e. The second-order valence-electron chi connectivity index (χ2n) is 8.18. The Kier molecular flexibility index (Phi) is 8.04. The number of anilines is 2. The number of nitrogens with one attached hydrogen (secondary N) is 3. The van der Waals surface area contributed by atoms with Gasteiger partial charge >= 0.3 is 0 Å². The second-order valence-corrected chi connectivity index (χ2v) is 9.86. The number of hydrogen-bond acceptors (Lipinski definition) is 5. The zero-order valence-electron chi connectivity index (χ0n) is 18.7. The molecule has 0 aromatic heterocycles. The molecule has 8 nitrogen and oxygen atoms in total. The van der Waals surface area contributed by atoms with Gasteiger partial charge in [0.15, 0.2) is 0 Å². The molecule has 178 valence electrons. The van der Waals surface area contributed by atoms with E-state index in [1.165, 1.54) is 19.1 Å². The van der Waals surface area contributed by atoms with E-state index in [4.69, 9.17) is 0 Å². The van der Waals surface area contributed by atoms with Crippen LogP contribution in [0.3, 0.4) is 0 Å². The van der Waals surface area contributed by atoms with E-state index in [1.807, 2.05) is 18.2 Å². The van der Waals surface area contributed by atoms with Gasteiger partial charge in [0.25, 0.3) is 0 Å². The van der Waals surface area contributed by atoms with Gasteiger partial charge in [-0.15, -0.1) is 0 Å². The van der Waals surface area contributed by atoms with E-state index in [0.29, 0.717) is 5.69 Å². The number of nitrogens with zero attached hydrogens (tertiary/aromatic N) is 1. The summed E-state index contributed by atoms with van der Waals surface area (Å²) < 4.78 is 40.7. The van der Waals surface area contributed by atoms with Crippen LogP contribution in [0.1, 0.15) is 33.1 Å². The summed E-state index contributed by atoms with van der Waals surface area (Å²) in [6.07, 6.45) is 2.32. The van der Waals surface area contributed by atoms with Gasteiger partial charge in [-0.2, -0.15) is 4.72 Å². The number of carbonyl (C=O) groups is 2. The second kappa shape index (κ2) is 10.8. The molecule has 1 aliphatic heterocycles. The molecule has 1 fully saturated rings. The lowest BCUT2D eigenvalue weighted by Gasteiger charge is -2.20. The number of carbonyl (C=O) groups excluding carboxylic acids is 2. The molecule has 1 heterocycles. The third-order valence-corrected chi connectivity index (χ3v) is 6.91. The molecule has 0 radical (unpaired) electrons. The first-order valence-electron chi connectivity index (χ1n) is 10.9. The maximum Gasteiger partial charge on any atom is 0.244 e. The van der Waals surface area contributed by atoms with E-state index in [2.05, 4.69) is 20.3 Å². The predicted octanol–water partition coefficient (Wildman–Crippen LogP) is 2.63. The lowest BCUT2D eigenvalue weighted by Crippen LogP contribution is -2.48. The average molecular weight is 477 g/mol. The van der Waals surface area contributed by atoms with Crippen molar-refractivity contribution in [2.75, 3.05) is 23.3 Å². The Morgan fingerprint density at radius 2 is 1.76 bits per heavy atom. The Bertz CT molecular complexity index is 1100. The highest BCUT2D eigenvalue weighted by molar-refractivity contribution is 7.89. The van der Waals surface area contributed by atoms with E-state index in [-0.39, 0.29) is 12.3 Å². The van der Waals surface area contributed by atoms with Crippen LogP contribution < -0.4 is 20.3 Å². The van der Waals surface area contributed by atoms with Gasteiger partial charge in [-0.3, -0.25) is 9.59 Å². The van der Waals surface area contributed by atoms with Crippen LogP contribution in [0.2, 0.25) is 0 Å². The van der Waals surface area contributed by atoms with E-state index >= 15 is 0 Å². The summed E-state index contributed by atoms with van der Waals surface area (Å²) in [7, 11) is -4.22. The summed E-state index contributed by atoms with van der Waals surface area (Å²) >= 11 is 0. The molecule has 3 rings (SSSR count). The molecule has 2 aromatic rings. The van der Waals surface area contributed by atoms with Gasteiger partial charge in [0, 0.05) is 36.9 Å². The van der Waals surface area contributed by atoms with Crippen LogP contribution in [-0.4, -0.2) is 45.4 Å². The van der Waals surface area contributed by atoms with Crippen molar-refractivity contribution in [3.05, 3.63) is 54.3 Å². The van der Waals surface area contributed by atoms with Crippen molar-refractivity contribution < 1.29 is 22.4 Å². The highest BCUT2D eigenvalue weighted by Gasteiger charge is 2.25. The van der Waals surface area contributed by atoms with Crippen molar-refractivity contribution in [2.24, 2.45) is 0 Å².